The van der Waals surface area contributed by atoms with Gasteiger partial charge in [0.2, 0.25) is 12.7 Å². The Labute approximate surface area is 191 Å². The molecular formula is C21H20F3N5O3S. The highest BCUT2D eigenvalue weighted by Crippen LogP contribution is 2.37. The summed E-state index contributed by atoms with van der Waals surface area (Å²) in [5.74, 6) is 1.03. The molecule has 33 heavy (non-hydrogen) atoms. The van der Waals surface area contributed by atoms with Crippen LogP contribution in [0.15, 0.2) is 48.1 Å². The molecule has 0 saturated heterocycles. The minimum atomic E-state index is -4.63. The molecule has 0 atom stereocenters. The van der Waals surface area contributed by atoms with E-state index in [2.05, 4.69) is 20.3 Å². The van der Waals surface area contributed by atoms with E-state index in [4.69, 9.17) is 9.47 Å². The third-order valence-corrected chi connectivity index (χ3v) is 5.55. The van der Waals surface area contributed by atoms with Crippen molar-refractivity contribution in [2.45, 2.75) is 30.7 Å². The molecule has 2 aromatic heterocycles. The van der Waals surface area contributed by atoms with Gasteiger partial charge in [0.05, 0.1) is 12.0 Å². The zero-order valence-electron chi connectivity index (χ0n) is 17.3. The van der Waals surface area contributed by atoms with Gasteiger partial charge >= 0.3 is 6.18 Å². The van der Waals surface area contributed by atoms with E-state index in [-0.39, 0.29) is 35.7 Å². The maximum atomic E-state index is 13.4. The number of ether oxygens (including phenoxy) is 2. The Morgan fingerprint density at radius 2 is 2.03 bits per heavy atom. The lowest BCUT2D eigenvalue weighted by molar-refractivity contribution is -0.141. The molecule has 0 saturated carbocycles. The predicted molar refractivity (Wildman–Crippen MR) is 114 cm³/mol. The van der Waals surface area contributed by atoms with Crippen molar-refractivity contribution in [2.75, 3.05) is 19.1 Å². The number of fused-ring (bicyclic) bond motifs is 1. The fourth-order valence-electron chi connectivity index (χ4n) is 3.07. The van der Waals surface area contributed by atoms with Crippen LogP contribution in [0, 0.1) is 0 Å². The normalized spacial score (nSPS) is 12.7. The van der Waals surface area contributed by atoms with Crippen molar-refractivity contribution in [1.82, 2.24) is 24.8 Å². The molecule has 1 N–H and O–H groups in total. The van der Waals surface area contributed by atoms with E-state index in [1.165, 1.54) is 0 Å². The lowest BCUT2D eigenvalue weighted by Crippen LogP contribution is -2.25. The molecule has 4 rings (SSSR count). The molecule has 0 bridgehead atoms. The zero-order valence-corrected chi connectivity index (χ0v) is 18.2. The second-order valence-corrected chi connectivity index (χ2v) is 8.15. The number of aromatic nitrogens is 4. The van der Waals surface area contributed by atoms with E-state index >= 15 is 0 Å². The van der Waals surface area contributed by atoms with E-state index in [0.717, 1.165) is 30.8 Å². The third-order valence-electron chi connectivity index (χ3n) is 4.70. The van der Waals surface area contributed by atoms with Gasteiger partial charge in [-0.3, -0.25) is 4.79 Å². The van der Waals surface area contributed by atoms with Crippen LogP contribution in [0.3, 0.4) is 0 Å². The summed E-state index contributed by atoms with van der Waals surface area (Å²) >= 11 is 0.999. The Bertz CT molecular complexity index is 1110. The number of nitrogens with zero attached hydrogens (tertiary/aromatic N) is 4. The minimum absolute atomic E-state index is 0.0506. The fourth-order valence-corrected chi connectivity index (χ4v) is 3.87. The van der Waals surface area contributed by atoms with Crippen LogP contribution in [0.5, 0.6) is 11.5 Å². The van der Waals surface area contributed by atoms with Crippen LogP contribution in [-0.2, 0) is 17.5 Å². The summed E-state index contributed by atoms with van der Waals surface area (Å²) in [6.45, 7) is 1.29. The summed E-state index contributed by atoms with van der Waals surface area (Å²) in [4.78, 5) is 23.9. The number of carbonyl (C=O) groups excluding carboxylic acids is 1. The number of carbonyl (C=O) groups is 1. The number of alkyl halides is 3. The van der Waals surface area contributed by atoms with Crippen LogP contribution in [0.25, 0.3) is 11.3 Å². The maximum Gasteiger partial charge on any atom is 0.433 e. The van der Waals surface area contributed by atoms with Crippen molar-refractivity contribution < 1.29 is 27.4 Å². The number of nitrogens with one attached hydrogen (secondary N) is 1. The van der Waals surface area contributed by atoms with Gasteiger partial charge in [-0.1, -0.05) is 11.8 Å². The molecule has 0 radical (unpaired) electrons. The van der Waals surface area contributed by atoms with Gasteiger partial charge in [-0.15, -0.1) is 0 Å². The summed E-state index contributed by atoms with van der Waals surface area (Å²) in [7, 11) is 0. The summed E-state index contributed by atoms with van der Waals surface area (Å²) in [6, 6.07) is 5.71. The van der Waals surface area contributed by atoms with E-state index in [1.807, 2.05) is 10.8 Å². The van der Waals surface area contributed by atoms with Crippen LogP contribution in [0.2, 0.25) is 0 Å². The Kier molecular flexibility index (Phi) is 7.02. The highest BCUT2D eigenvalue weighted by molar-refractivity contribution is 7.99. The fraction of sp³-hybridized carbons (Fsp3) is 0.333. The molecule has 0 spiro atoms. The van der Waals surface area contributed by atoms with Crippen molar-refractivity contribution in [3.05, 3.63) is 48.7 Å². The van der Waals surface area contributed by atoms with Gasteiger partial charge < -0.3 is 19.4 Å². The number of thioether (sulfide) groups is 1. The third kappa shape index (κ3) is 6.15. The van der Waals surface area contributed by atoms with Gasteiger partial charge in [0.1, 0.15) is 5.69 Å². The van der Waals surface area contributed by atoms with Gasteiger partial charge in [-0.05, 0) is 30.7 Å². The molecule has 1 aliphatic rings. The van der Waals surface area contributed by atoms with Gasteiger partial charge in [-0.25, -0.2) is 15.0 Å². The number of hydrogen-bond donors (Lipinski definition) is 1. The van der Waals surface area contributed by atoms with Crippen LogP contribution < -0.4 is 14.8 Å². The van der Waals surface area contributed by atoms with Crippen LogP contribution in [-0.4, -0.2) is 44.5 Å². The van der Waals surface area contributed by atoms with E-state index in [9.17, 15) is 18.0 Å². The van der Waals surface area contributed by atoms with Gasteiger partial charge in [0.15, 0.2) is 16.7 Å². The number of aryl methyl sites for hydroxylation is 1. The Hall–Kier alpha value is -3.28. The first-order valence-corrected chi connectivity index (χ1v) is 11.1. The number of imidazole rings is 1. The largest absolute Gasteiger partial charge is 0.454 e. The lowest BCUT2D eigenvalue weighted by Gasteiger charge is -2.11. The number of hydrogen-bond acceptors (Lipinski definition) is 7. The van der Waals surface area contributed by atoms with E-state index in [1.54, 1.807) is 30.7 Å². The van der Waals surface area contributed by atoms with E-state index in [0.29, 0.717) is 23.6 Å². The summed E-state index contributed by atoms with van der Waals surface area (Å²) in [6.07, 6.45) is 1.47. The molecule has 0 aliphatic carbocycles. The van der Waals surface area contributed by atoms with Crippen molar-refractivity contribution in [3.8, 4) is 22.8 Å². The SMILES string of the molecule is O=C(CCSc1nc(-c2ccc3c(c2)OCO3)cc(C(F)(F)F)n1)NCCCn1ccnc1. The Morgan fingerprint density at radius 3 is 2.82 bits per heavy atom. The highest BCUT2D eigenvalue weighted by Gasteiger charge is 2.34. The first-order valence-electron chi connectivity index (χ1n) is 10.1. The molecule has 1 aromatic carbocycles. The van der Waals surface area contributed by atoms with Crippen molar-refractivity contribution >= 4 is 17.7 Å². The molecular weight excluding hydrogens is 459 g/mol. The lowest BCUT2D eigenvalue weighted by atomic mass is 10.1. The number of halogens is 3. The number of benzene rings is 1. The van der Waals surface area contributed by atoms with Gasteiger partial charge in [0.25, 0.3) is 0 Å². The first-order chi connectivity index (χ1) is 15.9. The van der Waals surface area contributed by atoms with Crippen LogP contribution in [0.4, 0.5) is 13.2 Å². The van der Waals surface area contributed by atoms with Crippen molar-refractivity contribution in [1.29, 1.82) is 0 Å². The second kappa shape index (κ2) is 10.1. The van der Waals surface area contributed by atoms with E-state index < -0.39 is 11.9 Å². The smallest absolute Gasteiger partial charge is 0.433 e. The Balaban J connectivity index is 1.35. The van der Waals surface area contributed by atoms with Crippen LogP contribution in [0.1, 0.15) is 18.5 Å². The molecule has 0 unspecified atom stereocenters. The monoisotopic (exact) mass is 479 g/mol. The topological polar surface area (TPSA) is 91.2 Å². The van der Waals surface area contributed by atoms with Gasteiger partial charge in [-0.2, -0.15) is 13.2 Å². The summed E-state index contributed by atoms with van der Waals surface area (Å²) < 4.78 is 52.6. The average Bonchev–Trinajstić information content (AvgIpc) is 3.47. The summed E-state index contributed by atoms with van der Waals surface area (Å²) in [5.41, 5.74) is -0.483. The van der Waals surface area contributed by atoms with Crippen molar-refractivity contribution in [3.63, 3.8) is 0 Å². The molecule has 3 heterocycles. The van der Waals surface area contributed by atoms with Gasteiger partial charge in [0, 0.05) is 43.2 Å². The molecule has 1 aliphatic heterocycles. The molecule has 3 aromatic rings. The van der Waals surface area contributed by atoms with Crippen molar-refractivity contribution in [2.24, 2.45) is 0 Å². The molecule has 0 fully saturated rings. The average molecular weight is 479 g/mol. The second-order valence-electron chi connectivity index (χ2n) is 7.09. The first kappa shape index (κ1) is 22.9. The standard InChI is InChI=1S/C21H20F3N5O3S/c22-21(23,24)18-11-15(14-2-3-16-17(10-14)32-13-31-16)27-20(28-18)33-9-4-19(30)26-5-1-7-29-8-6-25-12-29/h2-3,6,8,10-12H,1,4-5,7,9,13H2,(H,26,30). The quantitative estimate of drug-likeness (QED) is 0.284. The predicted octanol–water partition coefficient (Wildman–Crippen LogP) is 3.78. The number of rotatable bonds is 9. The minimum Gasteiger partial charge on any atom is -0.454 e. The molecule has 174 valence electrons. The highest BCUT2D eigenvalue weighted by atomic mass is 32.2. The molecule has 1 amide bonds. The molecule has 12 heteroatoms. The zero-order chi connectivity index (χ0) is 23.3. The summed E-state index contributed by atoms with van der Waals surface area (Å²) in [5, 5.41) is 2.74. The van der Waals surface area contributed by atoms with Crippen LogP contribution >= 0.6 is 11.8 Å². The Morgan fingerprint density at radius 1 is 1.18 bits per heavy atom. The number of amides is 1. The molecule has 8 nitrogen and oxygen atoms in total. The maximum absolute atomic E-state index is 13.4.